The molecule has 1 atom stereocenters. The van der Waals surface area contributed by atoms with Gasteiger partial charge in [0, 0.05) is 18.5 Å². The van der Waals surface area contributed by atoms with E-state index >= 15 is 0 Å². The quantitative estimate of drug-likeness (QED) is 0.761. The Bertz CT molecular complexity index is 504. The highest BCUT2D eigenvalue weighted by molar-refractivity contribution is 6.00. The van der Waals surface area contributed by atoms with Gasteiger partial charge in [-0.3, -0.25) is 4.79 Å². The van der Waals surface area contributed by atoms with Gasteiger partial charge < -0.3 is 16.2 Å². The zero-order valence-corrected chi connectivity index (χ0v) is 10.2. The summed E-state index contributed by atoms with van der Waals surface area (Å²) < 4.78 is 26.0. The van der Waals surface area contributed by atoms with Crippen molar-refractivity contribution < 1.29 is 23.5 Å². The molecular weight excluding hydrogens is 258 g/mol. The second kappa shape index (κ2) is 6.24. The Kier molecular flexibility index (Phi) is 4.94. The second-order valence-corrected chi connectivity index (χ2v) is 4.18. The van der Waals surface area contributed by atoms with Gasteiger partial charge >= 0.3 is 5.97 Å². The number of anilines is 1. The van der Waals surface area contributed by atoms with Crippen LogP contribution in [-0.4, -0.2) is 23.0 Å². The van der Waals surface area contributed by atoms with Gasteiger partial charge in [0.15, 0.2) is 11.6 Å². The van der Waals surface area contributed by atoms with Gasteiger partial charge in [-0.15, -0.1) is 0 Å². The molecule has 0 spiro atoms. The second-order valence-electron chi connectivity index (χ2n) is 4.18. The maximum Gasteiger partial charge on any atom is 0.337 e. The third-order valence-electron chi connectivity index (χ3n) is 2.39. The van der Waals surface area contributed by atoms with E-state index in [2.05, 4.69) is 5.32 Å². The molecule has 19 heavy (non-hydrogen) atoms. The first-order chi connectivity index (χ1) is 8.81. The SMILES string of the molecule is CC(N)CCC(=O)Nc1cc(F)c(F)cc1C(=O)O. The number of carbonyl (C=O) groups excluding carboxylic acids is 1. The molecule has 1 aromatic rings. The first-order valence-corrected chi connectivity index (χ1v) is 5.59. The maximum absolute atomic E-state index is 13.0. The van der Waals surface area contributed by atoms with Crippen LogP contribution in [0.5, 0.6) is 0 Å². The summed E-state index contributed by atoms with van der Waals surface area (Å²) in [5.74, 6) is -4.48. The topological polar surface area (TPSA) is 92.4 Å². The lowest BCUT2D eigenvalue weighted by Crippen LogP contribution is -2.20. The summed E-state index contributed by atoms with van der Waals surface area (Å²) >= 11 is 0. The van der Waals surface area contributed by atoms with Crippen molar-refractivity contribution in [3.8, 4) is 0 Å². The highest BCUT2D eigenvalue weighted by atomic mass is 19.2. The molecule has 0 saturated heterocycles. The van der Waals surface area contributed by atoms with Crippen LogP contribution in [-0.2, 0) is 4.79 Å². The number of hydrogen-bond acceptors (Lipinski definition) is 3. The maximum atomic E-state index is 13.0. The molecule has 0 aliphatic heterocycles. The van der Waals surface area contributed by atoms with Crippen LogP contribution in [0.1, 0.15) is 30.1 Å². The monoisotopic (exact) mass is 272 g/mol. The number of benzene rings is 1. The van der Waals surface area contributed by atoms with Crippen molar-refractivity contribution in [3.63, 3.8) is 0 Å². The number of halogens is 2. The molecule has 5 nitrogen and oxygen atoms in total. The molecule has 1 amide bonds. The summed E-state index contributed by atoms with van der Waals surface area (Å²) in [4.78, 5) is 22.4. The molecule has 0 fully saturated rings. The van der Waals surface area contributed by atoms with Gasteiger partial charge in [-0.05, 0) is 19.4 Å². The predicted molar refractivity (Wildman–Crippen MR) is 64.8 cm³/mol. The Morgan fingerprint density at radius 2 is 1.95 bits per heavy atom. The first kappa shape index (κ1) is 15.0. The van der Waals surface area contributed by atoms with Crippen molar-refractivity contribution in [2.45, 2.75) is 25.8 Å². The third kappa shape index (κ3) is 4.29. The van der Waals surface area contributed by atoms with Gasteiger partial charge in [0.25, 0.3) is 0 Å². The average molecular weight is 272 g/mol. The van der Waals surface area contributed by atoms with Crippen molar-refractivity contribution in [2.24, 2.45) is 5.73 Å². The summed E-state index contributed by atoms with van der Waals surface area (Å²) in [7, 11) is 0. The minimum atomic E-state index is -1.46. The molecule has 0 aromatic heterocycles. The van der Waals surface area contributed by atoms with E-state index in [9.17, 15) is 18.4 Å². The number of carboxylic acids is 1. The van der Waals surface area contributed by atoms with Crippen molar-refractivity contribution >= 4 is 17.6 Å². The number of nitrogens with one attached hydrogen (secondary N) is 1. The molecule has 0 radical (unpaired) electrons. The number of nitrogens with two attached hydrogens (primary N) is 1. The lowest BCUT2D eigenvalue weighted by atomic mass is 10.1. The molecule has 1 rings (SSSR count). The van der Waals surface area contributed by atoms with Crippen LogP contribution in [0, 0.1) is 11.6 Å². The summed E-state index contributed by atoms with van der Waals surface area (Å²) in [5, 5.41) is 11.1. The highest BCUT2D eigenvalue weighted by Gasteiger charge is 2.17. The van der Waals surface area contributed by atoms with Gasteiger partial charge in [-0.2, -0.15) is 0 Å². The van der Waals surface area contributed by atoms with E-state index < -0.39 is 29.1 Å². The van der Waals surface area contributed by atoms with Gasteiger partial charge in [-0.1, -0.05) is 0 Å². The van der Waals surface area contributed by atoms with Crippen molar-refractivity contribution in [1.29, 1.82) is 0 Å². The molecule has 0 bridgehead atoms. The summed E-state index contributed by atoms with van der Waals surface area (Å²) in [6.07, 6.45) is 0.466. The van der Waals surface area contributed by atoms with Crippen LogP contribution in [0.25, 0.3) is 0 Å². The molecule has 104 valence electrons. The van der Waals surface area contributed by atoms with E-state index in [4.69, 9.17) is 10.8 Å². The fourth-order valence-corrected chi connectivity index (χ4v) is 1.40. The smallest absolute Gasteiger partial charge is 0.337 e. The molecule has 4 N–H and O–H groups in total. The fraction of sp³-hybridized carbons (Fsp3) is 0.333. The zero-order chi connectivity index (χ0) is 14.6. The molecule has 1 unspecified atom stereocenters. The Hall–Kier alpha value is -2.02. The van der Waals surface area contributed by atoms with Gasteiger partial charge in [0.1, 0.15) is 0 Å². The fourth-order valence-electron chi connectivity index (χ4n) is 1.40. The average Bonchev–Trinajstić information content (AvgIpc) is 2.30. The molecule has 0 saturated carbocycles. The van der Waals surface area contributed by atoms with Crippen LogP contribution < -0.4 is 11.1 Å². The van der Waals surface area contributed by atoms with Crippen LogP contribution in [0.3, 0.4) is 0 Å². The summed E-state index contributed by atoms with van der Waals surface area (Å²) in [5.41, 5.74) is 4.69. The lowest BCUT2D eigenvalue weighted by molar-refractivity contribution is -0.116. The molecular formula is C12H14F2N2O3. The Morgan fingerprint density at radius 3 is 2.47 bits per heavy atom. The van der Waals surface area contributed by atoms with E-state index in [-0.39, 0.29) is 18.2 Å². The first-order valence-electron chi connectivity index (χ1n) is 5.59. The van der Waals surface area contributed by atoms with E-state index in [1.807, 2.05) is 0 Å². The normalized spacial score (nSPS) is 12.0. The molecule has 0 heterocycles. The number of amides is 1. The number of rotatable bonds is 5. The predicted octanol–water partition coefficient (Wildman–Crippen LogP) is 1.73. The van der Waals surface area contributed by atoms with E-state index in [0.29, 0.717) is 18.6 Å². The van der Waals surface area contributed by atoms with E-state index in [1.54, 1.807) is 6.92 Å². The summed E-state index contributed by atoms with van der Waals surface area (Å²) in [6, 6.07) is 0.983. The highest BCUT2D eigenvalue weighted by Crippen LogP contribution is 2.20. The molecule has 1 aromatic carbocycles. The molecule has 7 heteroatoms. The minimum Gasteiger partial charge on any atom is -0.478 e. The minimum absolute atomic E-state index is 0.0652. The van der Waals surface area contributed by atoms with Gasteiger partial charge in [0.2, 0.25) is 5.91 Å². The Balaban J connectivity index is 2.90. The lowest BCUT2D eigenvalue weighted by Gasteiger charge is -2.10. The number of carbonyl (C=O) groups is 2. The van der Waals surface area contributed by atoms with Crippen molar-refractivity contribution in [2.75, 3.05) is 5.32 Å². The van der Waals surface area contributed by atoms with Gasteiger partial charge in [-0.25, -0.2) is 13.6 Å². The van der Waals surface area contributed by atoms with Gasteiger partial charge in [0.05, 0.1) is 11.3 Å². The Labute approximate surface area is 108 Å². The standard InChI is InChI=1S/C12H14F2N2O3/c1-6(15)2-3-11(17)16-10-5-9(14)8(13)4-7(10)12(18)19/h4-6H,2-3,15H2,1H3,(H,16,17)(H,18,19). The molecule has 0 aliphatic carbocycles. The van der Waals surface area contributed by atoms with E-state index in [0.717, 1.165) is 0 Å². The van der Waals surface area contributed by atoms with Crippen molar-refractivity contribution in [3.05, 3.63) is 29.3 Å². The van der Waals surface area contributed by atoms with Crippen LogP contribution in [0.4, 0.5) is 14.5 Å². The number of aromatic carboxylic acids is 1. The molecule has 0 aliphatic rings. The van der Waals surface area contributed by atoms with Crippen LogP contribution in [0.2, 0.25) is 0 Å². The third-order valence-corrected chi connectivity index (χ3v) is 2.39. The number of hydrogen-bond donors (Lipinski definition) is 3. The van der Waals surface area contributed by atoms with Crippen LogP contribution in [0.15, 0.2) is 12.1 Å². The largest absolute Gasteiger partial charge is 0.478 e. The zero-order valence-electron chi connectivity index (χ0n) is 10.2. The number of carboxylic acid groups (broad SMARTS) is 1. The summed E-state index contributed by atoms with van der Waals surface area (Å²) in [6.45, 7) is 1.72. The van der Waals surface area contributed by atoms with Crippen LogP contribution >= 0.6 is 0 Å². The van der Waals surface area contributed by atoms with E-state index in [1.165, 1.54) is 0 Å². The Morgan fingerprint density at radius 1 is 1.37 bits per heavy atom. The van der Waals surface area contributed by atoms with Crippen molar-refractivity contribution in [1.82, 2.24) is 0 Å².